The van der Waals surface area contributed by atoms with E-state index in [1.807, 2.05) is 12.1 Å². The van der Waals surface area contributed by atoms with E-state index in [1.54, 1.807) is 51.7 Å². The first-order valence-corrected chi connectivity index (χ1v) is 7.44. The molecule has 5 heteroatoms. The van der Waals surface area contributed by atoms with Crippen LogP contribution >= 0.6 is 0 Å². The first-order valence-electron chi connectivity index (χ1n) is 7.44. The molecule has 0 N–H and O–H groups in total. The average Bonchev–Trinajstić information content (AvgIpc) is 2.63. The molecule has 0 fully saturated rings. The zero-order chi connectivity index (χ0) is 17.1. The highest BCUT2D eigenvalue weighted by atomic mass is 16.5. The van der Waals surface area contributed by atoms with E-state index in [9.17, 15) is 4.79 Å². The van der Waals surface area contributed by atoms with Gasteiger partial charge in [-0.1, -0.05) is 6.07 Å². The number of benzene rings is 2. The SMILES string of the molecule is COc1ccc2c(c1)C(=O)/C(=C\c1ccc(OC)c(OC)c1)CO2. The lowest BCUT2D eigenvalue weighted by molar-refractivity contribution is 0.100. The Kier molecular flexibility index (Phi) is 4.42. The molecule has 24 heavy (non-hydrogen) atoms. The Morgan fingerprint density at radius 1 is 0.958 bits per heavy atom. The molecule has 0 bridgehead atoms. The van der Waals surface area contributed by atoms with Crippen molar-refractivity contribution in [3.63, 3.8) is 0 Å². The molecular weight excluding hydrogens is 308 g/mol. The molecular formula is C19H18O5. The Bertz CT molecular complexity index is 807. The third kappa shape index (κ3) is 2.93. The average molecular weight is 326 g/mol. The molecule has 1 aliphatic heterocycles. The van der Waals surface area contributed by atoms with Crippen molar-refractivity contribution in [1.29, 1.82) is 0 Å². The molecule has 1 heterocycles. The Morgan fingerprint density at radius 3 is 2.46 bits per heavy atom. The van der Waals surface area contributed by atoms with E-state index >= 15 is 0 Å². The highest BCUT2D eigenvalue weighted by molar-refractivity contribution is 6.14. The molecule has 0 aromatic heterocycles. The van der Waals surface area contributed by atoms with Crippen molar-refractivity contribution in [2.45, 2.75) is 0 Å². The van der Waals surface area contributed by atoms with Gasteiger partial charge >= 0.3 is 0 Å². The van der Waals surface area contributed by atoms with E-state index in [0.717, 1.165) is 5.56 Å². The Balaban J connectivity index is 1.95. The largest absolute Gasteiger partial charge is 0.497 e. The van der Waals surface area contributed by atoms with E-state index in [-0.39, 0.29) is 12.4 Å². The van der Waals surface area contributed by atoms with E-state index in [2.05, 4.69) is 0 Å². The normalized spacial score (nSPS) is 14.8. The fourth-order valence-corrected chi connectivity index (χ4v) is 2.58. The number of methoxy groups -OCH3 is 3. The van der Waals surface area contributed by atoms with Gasteiger partial charge in [0.1, 0.15) is 18.1 Å². The molecule has 0 saturated carbocycles. The van der Waals surface area contributed by atoms with Gasteiger partial charge in [-0.25, -0.2) is 0 Å². The van der Waals surface area contributed by atoms with Crippen LogP contribution in [0.3, 0.4) is 0 Å². The van der Waals surface area contributed by atoms with Crippen LogP contribution in [0.5, 0.6) is 23.0 Å². The van der Waals surface area contributed by atoms with Crippen molar-refractivity contribution >= 4 is 11.9 Å². The van der Waals surface area contributed by atoms with E-state index in [4.69, 9.17) is 18.9 Å². The zero-order valence-corrected chi connectivity index (χ0v) is 13.8. The molecule has 0 atom stereocenters. The number of ketones is 1. The molecule has 0 spiro atoms. The van der Waals surface area contributed by atoms with E-state index < -0.39 is 0 Å². The monoisotopic (exact) mass is 326 g/mol. The van der Waals surface area contributed by atoms with E-state index in [0.29, 0.717) is 34.1 Å². The van der Waals surface area contributed by atoms with Crippen molar-refractivity contribution in [3.8, 4) is 23.0 Å². The molecule has 5 nitrogen and oxygen atoms in total. The van der Waals surface area contributed by atoms with Gasteiger partial charge in [-0.3, -0.25) is 4.79 Å². The predicted molar refractivity (Wildman–Crippen MR) is 90.3 cm³/mol. The van der Waals surface area contributed by atoms with Crippen LogP contribution in [0.15, 0.2) is 42.0 Å². The van der Waals surface area contributed by atoms with Crippen molar-refractivity contribution < 1.29 is 23.7 Å². The van der Waals surface area contributed by atoms with Crippen LogP contribution in [0.1, 0.15) is 15.9 Å². The summed E-state index contributed by atoms with van der Waals surface area (Å²) < 4.78 is 21.4. The number of hydrogen-bond acceptors (Lipinski definition) is 5. The van der Waals surface area contributed by atoms with Crippen LogP contribution in [0, 0.1) is 0 Å². The van der Waals surface area contributed by atoms with Gasteiger partial charge in [0.25, 0.3) is 0 Å². The summed E-state index contributed by atoms with van der Waals surface area (Å²) in [5, 5.41) is 0. The van der Waals surface area contributed by atoms with Crippen molar-refractivity contribution in [3.05, 3.63) is 53.1 Å². The van der Waals surface area contributed by atoms with Crippen LogP contribution in [-0.4, -0.2) is 33.7 Å². The topological polar surface area (TPSA) is 54.0 Å². The van der Waals surface area contributed by atoms with Gasteiger partial charge in [0, 0.05) is 5.57 Å². The summed E-state index contributed by atoms with van der Waals surface area (Å²) in [7, 11) is 4.72. The maximum atomic E-state index is 12.7. The zero-order valence-electron chi connectivity index (χ0n) is 13.8. The van der Waals surface area contributed by atoms with E-state index in [1.165, 1.54) is 0 Å². The Morgan fingerprint density at radius 2 is 1.75 bits per heavy atom. The second-order valence-corrected chi connectivity index (χ2v) is 5.26. The molecule has 2 aromatic rings. The maximum absolute atomic E-state index is 12.7. The predicted octanol–water partition coefficient (Wildman–Crippen LogP) is 3.37. The fraction of sp³-hybridized carbons (Fsp3) is 0.211. The van der Waals surface area contributed by atoms with Crippen molar-refractivity contribution in [1.82, 2.24) is 0 Å². The minimum atomic E-state index is -0.0649. The minimum absolute atomic E-state index is 0.0649. The van der Waals surface area contributed by atoms with Gasteiger partial charge in [-0.05, 0) is 42.0 Å². The summed E-state index contributed by atoms with van der Waals surface area (Å²) in [6.45, 7) is 0.229. The smallest absolute Gasteiger partial charge is 0.196 e. The first-order chi connectivity index (χ1) is 11.7. The molecule has 0 saturated heterocycles. The maximum Gasteiger partial charge on any atom is 0.196 e. The first kappa shape index (κ1) is 15.9. The van der Waals surface area contributed by atoms with Crippen LogP contribution < -0.4 is 18.9 Å². The summed E-state index contributed by atoms with van der Waals surface area (Å²) in [6, 6.07) is 10.7. The number of fused-ring (bicyclic) bond motifs is 1. The Labute approximate surface area is 140 Å². The van der Waals surface area contributed by atoms with Crippen LogP contribution in [0.25, 0.3) is 6.08 Å². The second kappa shape index (κ2) is 6.66. The standard InChI is InChI=1S/C19H18O5/c1-21-14-5-7-16-15(10-14)19(20)13(11-24-16)8-12-4-6-17(22-2)18(9-12)23-3/h4-10H,11H2,1-3H3/b13-8-. The lowest BCUT2D eigenvalue weighted by Crippen LogP contribution is -2.19. The lowest BCUT2D eigenvalue weighted by Gasteiger charge is -2.19. The van der Waals surface area contributed by atoms with Crippen molar-refractivity contribution in [2.75, 3.05) is 27.9 Å². The van der Waals surface area contributed by atoms with Gasteiger partial charge in [0.05, 0.1) is 26.9 Å². The summed E-state index contributed by atoms with van der Waals surface area (Å²) in [6.07, 6.45) is 1.80. The summed E-state index contributed by atoms with van der Waals surface area (Å²) >= 11 is 0. The third-order valence-electron chi connectivity index (χ3n) is 3.85. The summed E-state index contributed by atoms with van der Waals surface area (Å²) in [5.74, 6) is 2.38. The summed E-state index contributed by atoms with van der Waals surface area (Å²) in [4.78, 5) is 12.7. The molecule has 1 aliphatic rings. The van der Waals surface area contributed by atoms with Gasteiger partial charge < -0.3 is 18.9 Å². The van der Waals surface area contributed by atoms with Gasteiger partial charge in [0.2, 0.25) is 0 Å². The number of rotatable bonds is 4. The molecule has 2 aromatic carbocycles. The second-order valence-electron chi connectivity index (χ2n) is 5.26. The number of carbonyl (C=O) groups is 1. The molecule has 124 valence electrons. The number of hydrogen-bond donors (Lipinski definition) is 0. The molecule has 0 aliphatic carbocycles. The molecule has 0 unspecified atom stereocenters. The van der Waals surface area contributed by atoms with Crippen LogP contribution in [0.2, 0.25) is 0 Å². The van der Waals surface area contributed by atoms with Gasteiger partial charge in [0.15, 0.2) is 17.3 Å². The molecule has 0 radical (unpaired) electrons. The quantitative estimate of drug-likeness (QED) is 0.806. The summed E-state index contributed by atoms with van der Waals surface area (Å²) in [5.41, 5.74) is 1.92. The molecule has 0 amide bonds. The van der Waals surface area contributed by atoms with Gasteiger partial charge in [-0.2, -0.15) is 0 Å². The number of Topliss-reactive ketones (excluding diaryl/α,β-unsaturated/α-hetero) is 1. The highest BCUT2D eigenvalue weighted by Crippen LogP contribution is 2.32. The highest BCUT2D eigenvalue weighted by Gasteiger charge is 2.24. The van der Waals surface area contributed by atoms with Crippen LogP contribution in [-0.2, 0) is 0 Å². The van der Waals surface area contributed by atoms with Crippen LogP contribution in [0.4, 0.5) is 0 Å². The fourth-order valence-electron chi connectivity index (χ4n) is 2.58. The lowest BCUT2D eigenvalue weighted by atomic mass is 9.98. The van der Waals surface area contributed by atoms with Gasteiger partial charge in [-0.15, -0.1) is 0 Å². The third-order valence-corrected chi connectivity index (χ3v) is 3.85. The Hall–Kier alpha value is -2.95. The molecule has 3 rings (SSSR count). The number of carbonyl (C=O) groups excluding carboxylic acids is 1. The minimum Gasteiger partial charge on any atom is -0.497 e. The van der Waals surface area contributed by atoms with Crippen molar-refractivity contribution in [2.24, 2.45) is 0 Å². The number of ether oxygens (including phenoxy) is 4.